The lowest BCUT2D eigenvalue weighted by atomic mass is 9.70. The fraction of sp³-hybridized carbons (Fsp3) is 0.600. The van der Waals surface area contributed by atoms with Crippen LogP contribution in [0.2, 0.25) is 0 Å². The molecule has 3 aliphatic heterocycles. The average molecular weight is 703 g/mol. The Morgan fingerprint density at radius 2 is 1.96 bits per heavy atom. The molecular weight excluding hydrogens is 654 g/mol. The van der Waals surface area contributed by atoms with Gasteiger partial charge in [0.1, 0.15) is 17.7 Å². The van der Waals surface area contributed by atoms with Crippen molar-refractivity contribution in [2.24, 2.45) is 11.8 Å². The van der Waals surface area contributed by atoms with Gasteiger partial charge in [-0.1, -0.05) is 78.7 Å². The number of nitrogens with zero attached hydrogens (tertiary/aromatic N) is 2. The molecule has 46 heavy (non-hydrogen) atoms. The van der Waals surface area contributed by atoms with Crippen LogP contribution in [0.5, 0.6) is 0 Å². The molecule has 0 aromatic heterocycles. The first kappa shape index (κ1) is 35.8. The number of hydrogen-bond donors (Lipinski definition) is 2. The van der Waals surface area contributed by atoms with E-state index in [0.717, 1.165) is 12.8 Å². The number of amides is 3. The van der Waals surface area contributed by atoms with Crippen LogP contribution in [0.15, 0.2) is 55.6 Å². The number of carbonyl (C=O) groups excluding carboxylic acids is 4. The molecule has 3 amide bonds. The van der Waals surface area contributed by atoms with E-state index in [1.807, 2.05) is 44.2 Å². The summed E-state index contributed by atoms with van der Waals surface area (Å²) < 4.78 is 12.9. The highest BCUT2D eigenvalue weighted by atomic mass is 79.9. The van der Waals surface area contributed by atoms with Gasteiger partial charge in [-0.05, 0) is 38.2 Å². The topological polar surface area (TPSA) is 125 Å². The summed E-state index contributed by atoms with van der Waals surface area (Å²) in [7, 11) is 0. The fourth-order valence-corrected chi connectivity index (χ4v) is 8.28. The number of nitrogens with one attached hydrogen (secondary N) is 1. The van der Waals surface area contributed by atoms with Gasteiger partial charge in [-0.15, -0.1) is 13.2 Å². The second-order valence-electron chi connectivity index (χ2n) is 12.5. The third-order valence-corrected chi connectivity index (χ3v) is 10.4. The number of ether oxygens (including phenoxy) is 2. The van der Waals surface area contributed by atoms with Crippen LogP contribution < -0.4 is 5.32 Å². The van der Waals surface area contributed by atoms with Crippen molar-refractivity contribution in [3.8, 4) is 0 Å². The van der Waals surface area contributed by atoms with Crippen molar-refractivity contribution in [3.63, 3.8) is 0 Å². The minimum Gasteiger partial charge on any atom is -0.455 e. The molecule has 4 rings (SSSR count). The van der Waals surface area contributed by atoms with Crippen LogP contribution in [0.4, 0.5) is 0 Å². The van der Waals surface area contributed by atoms with Gasteiger partial charge in [-0.2, -0.15) is 0 Å². The van der Waals surface area contributed by atoms with Crippen LogP contribution in [-0.4, -0.2) is 93.0 Å². The van der Waals surface area contributed by atoms with Gasteiger partial charge >= 0.3 is 5.97 Å². The summed E-state index contributed by atoms with van der Waals surface area (Å²) in [6.45, 7) is 13.6. The summed E-state index contributed by atoms with van der Waals surface area (Å²) in [6, 6.07) is 6.93. The molecule has 3 aliphatic rings. The van der Waals surface area contributed by atoms with Crippen molar-refractivity contribution in [2.75, 3.05) is 19.7 Å². The first-order valence-corrected chi connectivity index (χ1v) is 17.3. The predicted octanol–water partition coefficient (Wildman–Crippen LogP) is 4.08. The maximum atomic E-state index is 14.5. The first-order valence-electron chi connectivity index (χ1n) is 16.4. The number of fused-ring (bicyclic) bond motifs is 1. The van der Waals surface area contributed by atoms with Gasteiger partial charge in [0.2, 0.25) is 17.7 Å². The first-order chi connectivity index (χ1) is 22.1. The van der Waals surface area contributed by atoms with E-state index in [1.165, 1.54) is 4.90 Å². The van der Waals surface area contributed by atoms with Crippen molar-refractivity contribution in [1.29, 1.82) is 0 Å². The minimum atomic E-state index is -1.28. The van der Waals surface area contributed by atoms with Gasteiger partial charge in [-0.3, -0.25) is 19.2 Å². The molecule has 9 atom stereocenters. The maximum absolute atomic E-state index is 14.5. The highest BCUT2D eigenvalue weighted by molar-refractivity contribution is 9.09. The lowest BCUT2D eigenvalue weighted by Crippen LogP contribution is -2.59. The summed E-state index contributed by atoms with van der Waals surface area (Å²) in [6.07, 6.45) is 4.97. The monoisotopic (exact) mass is 701 g/mol. The van der Waals surface area contributed by atoms with Gasteiger partial charge in [0.05, 0.1) is 36.6 Å². The van der Waals surface area contributed by atoms with Crippen molar-refractivity contribution < 1.29 is 33.8 Å². The van der Waals surface area contributed by atoms with Crippen molar-refractivity contribution >= 4 is 39.6 Å². The Balaban J connectivity index is 1.71. The van der Waals surface area contributed by atoms with Gasteiger partial charge in [0, 0.05) is 24.3 Å². The minimum absolute atomic E-state index is 0.197. The number of allylic oxidation sites excluding steroid dienone is 1. The Kier molecular flexibility index (Phi) is 12.2. The van der Waals surface area contributed by atoms with E-state index in [4.69, 9.17) is 9.47 Å². The molecule has 1 unspecified atom stereocenters. The van der Waals surface area contributed by atoms with Gasteiger partial charge in [-0.25, -0.2) is 0 Å². The van der Waals surface area contributed by atoms with Crippen LogP contribution in [-0.2, 0) is 28.7 Å². The molecule has 3 heterocycles. The largest absolute Gasteiger partial charge is 0.455 e. The van der Waals surface area contributed by atoms with E-state index in [1.54, 1.807) is 24.0 Å². The Labute approximate surface area is 280 Å². The highest BCUT2D eigenvalue weighted by Gasteiger charge is 2.77. The number of rotatable bonds is 17. The third-order valence-electron chi connectivity index (χ3n) is 9.54. The SMILES string of the molecule is C=CCCC(=O)N[C@H](C)[C@@H](OC(=O)[C@H]1[C@@H]2O[C@@]3(CC2Br)[C@@H]1C(=O)N([C@@H](CC)CO)[C@@H]3C(=O)N(CC=C)CCCC)c1ccccc1. The molecular formula is C35H48BrN3O7. The molecule has 1 aromatic rings. The molecule has 0 radical (unpaired) electrons. The van der Waals surface area contributed by atoms with Crippen LogP contribution >= 0.6 is 15.9 Å². The highest BCUT2D eigenvalue weighted by Crippen LogP contribution is 2.61. The predicted molar refractivity (Wildman–Crippen MR) is 178 cm³/mol. The van der Waals surface area contributed by atoms with E-state index >= 15 is 0 Å². The number of halogens is 1. The standard InChI is InChI=1S/C35H48BrN3O7/c1-6-10-17-26(41)37-22(5)29(23-15-13-12-14-16-23)45-34(44)27-28-32(42)39(24(9-4)21-40)31(35(28)20-25(36)30(27)46-35)33(43)38(18-8-3)19-11-7-2/h6,8,12-16,22,24-25,27-31,40H,1,3,7,9-11,17-21H2,2,4-5H3,(H,37,41)/t22-,24+,25?,27-,28+,29-,30-,31-,35+/m1/s1. The van der Waals surface area contributed by atoms with E-state index in [0.29, 0.717) is 37.9 Å². The van der Waals surface area contributed by atoms with Crippen molar-refractivity contribution in [2.45, 2.75) is 100 Å². The van der Waals surface area contributed by atoms with E-state index in [9.17, 15) is 24.3 Å². The molecule has 2 N–H and O–H groups in total. The summed E-state index contributed by atoms with van der Waals surface area (Å²) in [5.74, 6) is -3.46. The van der Waals surface area contributed by atoms with Crippen LogP contribution in [0.25, 0.3) is 0 Å². The fourth-order valence-electron chi connectivity index (χ4n) is 7.33. The lowest BCUT2D eigenvalue weighted by molar-refractivity contribution is -0.162. The molecule has 2 bridgehead atoms. The molecule has 11 heteroatoms. The number of alkyl halides is 1. The number of esters is 1. The molecule has 1 spiro atoms. The zero-order chi connectivity index (χ0) is 33.6. The molecule has 252 valence electrons. The number of carbonyl (C=O) groups is 4. The smallest absolute Gasteiger partial charge is 0.313 e. The molecule has 3 saturated heterocycles. The Hall–Kier alpha value is -3.02. The normalized spacial score (nSPS) is 28.2. The van der Waals surface area contributed by atoms with Gasteiger partial charge in [0.25, 0.3) is 0 Å². The quantitative estimate of drug-likeness (QED) is 0.143. The number of aliphatic hydroxyl groups excluding tert-OH is 1. The van der Waals surface area contributed by atoms with Crippen molar-refractivity contribution in [3.05, 3.63) is 61.2 Å². The van der Waals surface area contributed by atoms with E-state index in [2.05, 4.69) is 34.4 Å². The van der Waals surface area contributed by atoms with E-state index < -0.39 is 53.7 Å². The Bertz CT molecular complexity index is 1270. The molecule has 3 fully saturated rings. The Morgan fingerprint density at radius 3 is 2.57 bits per heavy atom. The van der Waals surface area contributed by atoms with Crippen molar-refractivity contribution in [1.82, 2.24) is 15.1 Å². The third kappa shape index (κ3) is 6.82. The average Bonchev–Trinajstić information content (AvgIpc) is 3.64. The van der Waals surface area contributed by atoms with E-state index in [-0.39, 0.29) is 35.6 Å². The number of unbranched alkanes of at least 4 members (excludes halogenated alkanes) is 1. The molecule has 10 nitrogen and oxygen atoms in total. The zero-order valence-electron chi connectivity index (χ0n) is 27.1. The number of likely N-dealkylation sites (tertiary alicyclic amines) is 1. The Morgan fingerprint density at radius 1 is 1.24 bits per heavy atom. The summed E-state index contributed by atoms with van der Waals surface area (Å²) in [4.78, 5) is 58.6. The number of hydrogen-bond acceptors (Lipinski definition) is 7. The van der Waals surface area contributed by atoms with Crippen LogP contribution in [0, 0.1) is 11.8 Å². The summed E-state index contributed by atoms with van der Waals surface area (Å²) in [5, 5.41) is 13.3. The second kappa shape index (κ2) is 15.7. The van der Waals surface area contributed by atoms with Crippen LogP contribution in [0.1, 0.15) is 71.0 Å². The molecule has 0 saturated carbocycles. The van der Waals surface area contributed by atoms with Crippen LogP contribution in [0.3, 0.4) is 0 Å². The summed E-state index contributed by atoms with van der Waals surface area (Å²) >= 11 is 3.71. The zero-order valence-corrected chi connectivity index (χ0v) is 28.7. The summed E-state index contributed by atoms with van der Waals surface area (Å²) in [5.41, 5.74) is -0.589. The lowest BCUT2D eigenvalue weighted by Gasteiger charge is -2.39. The van der Waals surface area contributed by atoms with Gasteiger partial charge < -0.3 is 29.7 Å². The molecule has 0 aliphatic carbocycles. The van der Waals surface area contributed by atoms with Gasteiger partial charge in [0.15, 0.2) is 0 Å². The maximum Gasteiger partial charge on any atom is 0.313 e. The second-order valence-corrected chi connectivity index (χ2v) is 13.7. The molecule has 1 aromatic carbocycles. The number of aliphatic hydroxyl groups is 1. The number of benzene rings is 1.